The molecule has 0 aromatic carbocycles. The molecule has 17 unspecified atom stereocenters. The summed E-state index contributed by atoms with van der Waals surface area (Å²) in [5.41, 5.74) is 0. The van der Waals surface area contributed by atoms with E-state index >= 15 is 0 Å². The maximum absolute atomic E-state index is 13.5. The molecule has 3 aliphatic rings. The summed E-state index contributed by atoms with van der Waals surface area (Å²) in [6.07, 6.45) is 55.7. The van der Waals surface area contributed by atoms with Crippen molar-refractivity contribution in [2.24, 2.45) is 0 Å². The predicted octanol–water partition coefficient (Wildman–Crippen LogP) is 13.4. The number of allylic oxidation sites excluding steroid dienone is 13. The number of aliphatic hydroxyl groups excluding tert-OH is 11. The van der Waals surface area contributed by atoms with Gasteiger partial charge in [0, 0.05) is 6.42 Å². The maximum Gasteiger partial charge on any atom is 0.220 e. The Morgan fingerprint density at radius 2 is 0.693 bits per heavy atom. The van der Waals surface area contributed by atoms with Gasteiger partial charge in [-0.05, 0) is 77.0 Å². The van der Waals surface area contributed by atoms with Gasteiger partial charge in [-0.15, -0.1) is 0 Å². The lowest BCUT2D eigenvalue weighted by atomic mass is 9.96. The molecule has 101 heavy (non-hydrogen) atoms. The molecule has 0 aromatic rings. The number of carbonyl (C=O) groups excluding carboxylic acids is 1. The first-order valence-electron chi connectivity index (χ1n) is 40.3. The average molecular weight is 1430 g/mol. The zero-order chi connectivity index (χ0) is 73.2. The molecule has 586 valence electrons. The quantitative estimate of drug-likeness (QED) is 0.0199. The number of hydrogen-bond donors (Lipinski definition) is 12. The predicted molar refractivity (Wildman–Crippen MR) is 401 cm³/mol. The summed E-state index contributed by atoms with van der Waals surface area (Å²) in [5, 5.41) is 121. The number of carbonyl (C=O) groups is 1. The van der Waals surface area contributed by atoms with Gasteiger partial charge in [0.1, 0.15) is 73.2 Å². The van der Waals surface area contributed by atoms with Crippen LogP contribution >= 0.6 is 0 Å². The van der Waals surface area contributed by atoms with E-state index in [1.165, 1.54) is 180 Å². The second kappa shape index (κ2) is 62.1. The Bertz CT molecular complexity index is 2150. The molecule has 3 saturated heterocycles. The monoisotopic (exact) mass is 1430 g/mol. The van der Waals surface area contributed by atoms with Crippen LogP contribution in [0.5, 0.6) is 0 Å². The van der Waals surface area contributed by atoms with Gasteiger partial charge in [-0.1, -0.05) is 298 Å². The van der Waals surface area contributed by atoms with Crippen LogP contribution in [0.2, 0.25) is 0 Å². The summed E-state index contributed by atoms with van der Waals surface area (Å²) >= 11 is 0. The van der Waals surface area contributed by atoms with Crippen molar-refractivity contribution in [2.45, 2.75) is 401 Å². The van der Waals surface area contributed by atoms with Crippen LogP contribution < -0.4 is 5.32 Å². The van der Waals surface area contributed by atoms with Crippen molar-refractivity contribution in [3.8, 4) is 0 Å². The minimum atomic E-state index is -1.98. The molecule has 0 aliphatic carbocycles. The number of nitrogens with one attached hydrogen (secondary N) is 1. The fourth-order valence-electron chi connectivity index (χ4n) is 13.2. The Kier molecular flexibility index (Phi) is 56.6. The molecule has 0 bridgehead atoms. The minimum Gasteiger partial charge on any atom is -0.394 e. The van der Waals surface area contributed by atoms with Crippen LogP contribution in [0.4, 0.5) is 0 Å². The molecule has 1 amide bonds. The summed E-state index contributed by atoms with van der Waals surface area (Å²) in [7, 11) is 0. The fraction of sp³-hybridized carbons (Fsp3) is 0.817. The van der Waals surface area contributed by atoms with Crippen LogP contribution in [0.3, 0.4) is 0 Å². The molecule has 3 aliphatic heterocycles. The highest BCUT2D eigenvalue weighted by molar-refractivity contribution is 5.76. The van der Waals surface area contributed by atoms with E-state index in [2.05, 4.69) is 92.1 Å². The van der Waals surface area contributed by atoms with Crippen molar-refractivity contribution >= 4 is 5.91 Å². The van der Waals surface area contributed by atoms with Crippen molar-refractivity contribution in [2.75, 3.05) is 26.4 Å². The van der Waals surface area contributed by atoms with Gasteiger partial charge in [-0.2, -0.15) is 0 Å². The van der Waals surface area contributed by atoms with Crippen LogP contribution in [0.25, 0.3) is 0 Å². The topological polar surface area (TPSA) is 307 Å². The van der Waals surface area contributed by atoms with Gasteiger partial charge in [-0.25, -0.2) is 0 Å². The van der Waals surface area contributed by atoms with E-state index < -0.39 is 124 Å². The molecular weight excluding hydrogens is 1290 g/mol. The second-order valence-corrected chi connectivity index (χ2v) is 28.5. The third-order valence-electron chi connectivity index (χ3n) is 19.7. The van der Waals surface area contributed by atoms with Gasteiger partial charge in [0.05, 0.1) is 38.6 Å². The SMILES string of the molecule is CC/C=C\C/C=C\C/C=C\C/C=C\C/C=C\CCCCCCCCCCCCCCCC(=O)NC(COC1OC(CO)C(OC2OC(CO)C(OC3OC(CO)C(O)C(O)C3O)C(O)C2O)C(O)C1O)C(O)/C=C/CC/C=C/CCCCCCCCCCCCCCCCCCCCCCC. The first kappa shape index (κ1) is 92.2. The minimum absolute atomic E-state index is 0.230. The Labute approximate surface area is 610 Å². The lowest BCUT2D eigenvalue weighted by Crippen LogP contribution is -2.66. The van der Waals surface area contributed by atoms with Gasteiger partial charge in [0.15, 0.2) is 18.9 Å². The Hall–Kier alpha value is -3.03. The second-order valence-electron chi connectivity index (χ2n) is 28.5. The lowest BCUT2D eigenvalue weighted by Gasteiger charge is -2.48. The smallest absolute Gasteiger partial charge is 0.220 e. The van der Waals surface area contributed by atoms with Crippen molar-refractivity contribution in [1.82, 2.24) is 5.32 Å². The highest BCUT2D eigenvalue weighted by atomic mass is 16.8. The van der Waals surface area contributed by atoms with Gasteiger partial charge in [0.25, 0.3) is 0 Å². The van der Waals surface area contributed by atoms with E-state index in [4.69, 9.17) is 28.4 Å². The molecule has 19 nitrogen and oxygen atoms in total. The zero-order valence-corrected chi connectivity index (χ0v) is 62.6. The summed E-state index contributed by atoms with van der Waals surface area (Å²) in [6.45, 7) is 1.63. The average Bonchev–Trinajstić information content (AvgIpc) is 0.796. The van der Waals surface area contributed by atoms with E-state index in [-0.39, 0.29) is 18.9 Å². The summed E-state index contributed by atoms with van der Waals surface area (Å²) in [6, 6.07) is -0.997. The third kappa shape index (κ3) is 42.2. The van der Waals surface area contributed by atoms with Gasteiger partial charge < -0.3 is 89.9 Å². The first-order valence-corrected chi connectivity index (χ1v) is 40.3. The summed E-state index contributed by atoms with van der Waals surface area (Å²) in [5.74, 6) is -0.287. The van der Waals surface area contributed by atoms with Crippen molar-refractivity contribution < 1.29 is 89.4 Å². The van der Waals surface area contributed by atoms with Crippen LogP contribution in [0.15, 0.2) is 85.1 Å². The number of hydrogen-bond acceptors (Lipinski definition) is 18. The van der Waals surface area contributed by atoms with E-state index in [1.807, 2.05) is 6.08 Å². The van der Waals surface area contributed by atoms with Crippen molar-refractivity contribution in [3.05, 3.63) is 85.1 Å². The number of ether oxygens (including phenoxy) is 6. The van der Waals surface area contributed by atoms with E-state index in [0.29, 0.717) is 12.8 Å². The molecule has 0 radical (unpaired) electrons. The normalized spacial score (nSPS) is 26.8. The highest BCUT2D eigenvalue weighted by Crippen LogP contribution is 2.33. The van der Waals surface area contributed by atoms with E-state index in [9.17, 15) is 61.0 Å². The number of aliphatic hydroxyl groups is 11. The van der Waals surface area contributed by atoms with Gasteiger partial charge in [0.2, 0.25) is 5.91 Å². The van der Waals surface area contributed by atoms with Crippen LogP contribution in [-0.4, -0.2) is 193 Å². The van der Waals surface area contributed by atoms with Gasteiger partial charge >= 0.3 is 0 Å². The van der Waals surface area contributed by atoms with E-state index in [0.717, 1.165) is 83.5 Å². The van der Waals surface area contributed by atoms with Crippen LogP contribution in [0, 0.1) is 0 Å². The molecule has 0 aromatic heterocycles. The zero-order valence-electron chi connectivity index (χ0n) is 62.6. The molecular formula is C82H145NO18. The van der Waals surface area contributed by atoms with Gasteiger partial charge in [-0.3, -0.25) is 4.79 Å². The summed E-state index contributed by atoms with van der Waals surface area (Å²) in [4.78, 5) is 13.5. The number of unbranched alkanes of at least 4 members (excludes halogenated alkanes) is 35. The maximum atomic E-state index is 13.5. The highest BCUT2D eigenvalue weighted by Gasteiger charge is 2.54. The summed E-state index contributed by atoms with van der Waals surface area (Å²) < 4.78 is 34.4. The fourth-order valence-corrected chi connectivity index (χ4v) is 13.2. The third-order valence-corrected chi connectivity index (χ3v) is 19.7. The molecule has 17 atom stereocenters. The standard InChI is InChI=1S/C82H145NO18/c1-3-5-7-9-11-13-15-17-19-21-23-25-27-29-31-32-34-36-38-40-42-44-46-48-50-52-54-56-58-60-70(88)83-65(66(87)59-57-55-53-51-49-47-45-43-41-39-37-35-33-30-28-26-24-22-20-18-16-14-12-10-8-6-4-2)64-96-80-76(94)73(91)78(68(62-85)98-80)101-82-77(95)74(92)79(69(63-86)99-82)100-81-75(93)72(90)71(89)67(61-84)97-81/h5,7,11,13,17,19,23,25,29,31,49,51,57,59,65-69,71-82,84-87,89-95H,3-4,6,8-10,12,14-16,18,20-22,24,26-28,30,32-48,50,52-56,58,60-64H2,1-2H3,(H,83,88)/b7-5-,13-11-,19-17-,25-23-,31-29-,51-49+,59-57+. The first-order chi connectivity index (χ1) is 49.3. The Morgan fingerprint density at radius 3 is 1.11 bits per heavy atom. The largest absolute Gasteiger partial charge is 0.394 e. The van der Waals surface area contributed by atoms with E-state index in [1.54, 1.807) is 6.08 Å². The Morgan fingerprint density at radius 1 is 0.366 bits per heavy atom. The molecule has 3 fully saturated rings. The van der Waals surface area contributed by atoms with Crippen LogP contribution in [-0.2, 0) is 33.2 Å². The molecule has 3 rings (SSSR count). The van der Waals surface area contributed by atoms with Crippen molar-refractivity contribution in [1.29, 1.82) is 0 Å². The van der Waals surface area contributed by atoms with Crippen LogP contribution in [0.1, 0.15) is 296 Å². The van der Waals surface area contributed by atoms with Crippen molar-refractivity contribution in [3.63, 3.8) is 0 Å². The molecule has 3 heterocycles. The lowest BCUT2D eigenvalue weighted by molar-refractivity contribution is -0.379. The molecule has 19 heteroatoms. The number of amides is 1. The Balaban J connectivity index is 1.39. The molecule has 12 N–H and O–H groups in total. The molecule has 0 spiro atoms. The number of rotatable bonds is 63. The molecule has 0 saturated carbocycles.